The summed E-state index contributed by atoms with van der Waals surface area (Å²) in [6, 6.07) is 8.04. The standard InChI is InChI=1S/C13H13BrN2/c1-9(2)5-12-11(8-16)6-10(3-4-15)7-13(12)14/h6-7,9H,3,5H2,1-2H3. The van der Waals surface area contributed by atoms with Gasteiger partial charge in [0.15, 0.2) is 0 Å². The van der Waals surface area contributed by atoms with Crippen LogP contribution in [0.2, 0.25) is 0 Å². The number of nitriles is 2. The van der Waals surface area contributed by atoms with Crippen LogP contribution < -0.4 is 0 Å². The number of nitrogens with zero attached hydrogens (tertiary/aromatic N) is 2. The second kappa shape index (κ2) is 5.68. The molecule has 0 unspecified atom stereocenters. The molecule has 0 bridgehead atoms. The van der Waals surface area contributed by atoms with Gasteiger partial charge in [0, 0.05) is 4.47 Å². The predicted octanol–water partition coefficient (Wildman–Crippen LogP) is 3.59. The molecule has 1 aromatic carbocycles. The lowest BCUT2D eigenvalue weighted by atomic mass is 9.96. The van der Waals surface area contributed by atoms with Gasteiger partial charge in [-0.3, -0.25) is 0 Å². The van der Waals surface area contributed by atoms with E-state index in [1.807, 2.05) is 12.1 Å². The Labute approximate surface area is 105 Å². The van der Waals surface area contributed by atoms with Gasteiger partial charge in [0.1, 0.15) is 0 Å². The highest BCUT2D eigenvalue weighted by Gasteiger charge is 2.10. The fraction of sp³-hybridized carbons (Fsp3) is 0.385. The lowest BCUT2D eigenvalue weighted by molar-refractivity contribution is 0.644. The summed E-state index contributed by atoms with van der Waals surface area (Å²) in [6.07, 6.45) is 1.21. The second-order valence-corrected chi connectivity index (χ2v) is 5.00. The zero-order valence-corrected chi connectivity index (χ0v) is 11.0. The van der Waals surface area contributed by atoms with Crippen LogP contribution in [-0.2, 0) is 12.8 Å². The molecule has 2 nitrogen and oxygen atoms in total. The molecule has 0 heterocycles. The highest BCUT2D eigenvalue weighted by molar-refractivity contribution is 9.10. The van der Waals surface area contributed by atoms with Gasteiger partial charge >= 0.3 is 0 Å². The third-order valence-electron chi connectivity index (χ3n) is 2.27. The molecular formula is C13H13BrN2. The van der Waals surface area contributed by atoms with Gasteiger partial charge in [0.2, 0.25) is 0 Å². The van der Waals surface area contributed by atoms with Crippen LogP contribution in [0.15, 0.2) is 16.6 Å². The average Bonchev–Trinajstić information content (AvgIpc) is 2.21. The maximum absolute atomic E-state index is 9.09. The Balaban J connectivity index is 3.20. The van der Waals surface area contributed by atoms with E-state index in [2.05, 4.69) is 41.9 Å². The maximum Gasteiger partial charge on any atom is 0.0995 e. The monoisotopic (exact) mass is 276 g/mol. The minimum atomic E-state index is 0.342. The molecule has 1 aromatic rings. The molecule has 16 heavy (non-hydrogen) atoms. The van der Waals surface area contributed by atoms with Crippen molar-refractivity contribution in [3.8, 4) is 12.1 Å². The normalized spacial score (nSPS) is 9.88. The molecule has 0 saturated heterocycles. The Morgan fingerprint density at radius 2 is 2.00 bits per heavy atom. The SMILES string of the molecule is CC(C)Cc1c(Br)cc(CC#N)cc1C#N. The summed E-state index contributed by atoms with van der Waals surface area (Å²) < 4.78 is 0.936. The molecule has 0 aliphatic carbocycles. The van der Waals surface area contributed by atoms with Crippen LogP contribution in [0, 0.1) is 28.6 Å². The van der Waals surface area contributed by atoms with E-state index in [1.54, 1.807) is 0 Å². The Kier molecular flexibility index (Phi) is 4.52. The van der Waals surface area contributed by atoms with Crippen LogP contribution in [0.1, 0.15) is 30.5 Å². The predicted molar refractivity (Wildman–Crippen MR) is 66.7 cm³/mol. The number of rotatable bonds is 3. The van der Waals surface area contributed by atoms with Gasteiger partial charge in [-0.2, -0.15) is 10.5 Å². The molecule has 0 saturated carbocycles. The lowest BCUT2D eigenvalue weighted by Gasteiger charge is -2.11. The third kappa shape index (κ3) is 3.08. The zero-order chi connectivity index (χ0) is 12.1. The first-order valence-electron chi connectivity index (χ1n) is 5.16. The highest BCUT2D eigenvalue weighted by Crippen LogP contribution is 2.25. The molecule has 0 atom stereocenters. The fourth-order valence-electron chi connectivity index (χ4n) is 1.60. The molecule has 0 fully saturated rings. The summed E-state index contributed by atoms with van der Waals surface area (Å²) in [5.41, 5.74) is 2.60. The maximum atomic E-state index is 9.09. The van der Waals surface area contributed by atoms with Crippen molar-refractivity contribution in [3.05, 3.63) is 33.3 Å². The van der Waals surface area contributed by atoms with Crippen molar-refractivity contribution < 1.29 is 0 Å². The van der Waals surface area contributed by atoms with Gasteiger partial charge in [-0.1, -0.05) is 29.8 Å². The van der Waals surface area contributed by atoms with E-state index in [0.29, 0.717) is 17.9 Å². The molecule has 0 N–H and O–H groups in total. The van der Waals surface area contributed by atoms with Gasteiger partial charge in [-0.05, 0) is 35.6 Å². The molecule has 0 aliphatic rings. The van der Waals surface area contributed by atoms with E-state index in [1.165, 1.54) is 0 Å². The molecule has 0 aromatic heterocycles. The minimum absolute atomic E-state index is 0.342. The summed E-state index contributed by atoms with van der Waals surface area (Å²) in [5, 5.41) is 17.7. The quantitative estimate of drug-likeness (QED) is 0.847. The van der Waals surface area contributed by atoms with Gasteiger partial charge < -0.3 is 0 Å². The molecule has 0 aliphatic heterocycles. The van der Waals surface area contributed by atoms with Crippen molar-refractivity contribution in [3.63, 3.8) is 0 Å². The lowest BCUT2D eigenvalue weighted by Crippen LogP contribution is -2.00. The molecule has 0 spiro atoms. The summed E-state index contributed by atoms with van der Waals surface area (Å²) in [6.45, 7) is 4.24. The first-order chi connectivity index (χ1) is 7.58. The number of hydrogen-bond acceptors (Lipinski definition) is 2. The topological polar surface area (TPSA) is 47.6 Å². The highest BCUT2D eigenvalue weighted by atomic mass is 79.9. The molecule has 3 heteroatoms. The summed E-state index contributed by atoms with van der Waals surface area (Å²) >= 11 is 3.48. The molecule has 0 amide bonds. The van der Waals surface area contributed by atoms with Crippen LogP contribution in [0.25, 0.3) is 0 Å². The van der Waals surface area contributed by atoms with Gasteiger partial charge in [0.05, 0.1) is 24.1 Å². The molecular weight excluding hydrogens is 264 g/mol. The smallest absolute Gasteiger partial charge is 0.0995 e. The second-order valence-electron chi connectivity index (χ2n) is 4.15. The van der Waals surface area contributed by atoms with Gasteiger partial charge in [-0.15, -0.1) is 0 Å². The van der Waals surface area contributed by atoms with Gasteiger partial charge in [0.25, 0.3) is 0 Å². The van der Waals surface area contributed by atoms with E-state index in [0.717, 1.165) is 22.0 Å². The van der Waals surface area contributed by atoms with E-state index in [9.17, 15) is 0 Å². The van der Waals surface area contributed by atoms with Crippen LogP contribution in [0.4, 0.5) is 0 Å². The minimum Gasteiger partial charge on any atom is -0.198 e. The first kappa shape index (κ1) is 12.7. The van der Waals surface area contributed by atoms with Crippen molar-refractivity contribution in [2.45, 2.75) is 26.7 Å². The van der Waals surface area contributed by atoms with Gasteiger partial charge in [-0.25, -0.2) is 0 Å². The summed E-state index contributed by atoms with van der Waals surface area (Å²) in [5.74, 6) is 0.505. The van der Waals surface area contributed by atoms with Crippen molar-refractivity contribution in [2.24, 2.45) is 5.92 Å². The Morgan fingerprint density at radius 3 is 2.50 bits per heavy atom. The largest absolute Gasteiger partial charge is 0.198 e. The number of hydrogen-bond donors (Lipinski definition) is 0. The molecule has 82 valence electrons. The van der Waals surface area contributed by atoms with E-state index in [-0.39, 0.29) is 0 Å². The zero-order valence-electron chi connectivity index (χ0n) is 9.42. The Hall–Kier alpha value is -1.32. The van der Waals surface area contributed by atoms with Crippen LogP contribution in [-0.4, -0.2) is 0 Å². The number of halogens is 1. The van der Waals surface area contributed by atoms with Crippen LogP contribution >= 0.6 is 15.9 Å². The van der Waals surface area contributed by atoms with E-state index >= 15 is 0 Å². The van der Waals surface area contributed by atoms with Crippen molar-refractivity contribution in [1.29, 1.82) is 10.5 Å². The Morgan fingerprint density at radius 1 is 1.31 bits per heavy atom. The number of benzene rings is 1. The Bertz CT molecular complexity index is 464. The van der Waals surface area contributed by atoms with Crippen molar-refractivity contribution in [2.75, 3.05) is 0 Å². The fourth-order valence-corrected chi connectivity index (χ4v) is 2.27. The van der Waals surface area contributed by atoms with Crippen molar-refractivity contribution in [1.82, 2.24) is 0 Å². The van der Waals surface area contributed by atoms with Crippen LogP contribution in [0.3, 0.4) is 0 Å². The van der Waals surface area contributed by atoms with E-state index < -0.39 is 0 Å². The molecule has 1 rings (SSSR count). The third-order valence-corrected chi connectivity index (χ3v) is 2.98. The average molecular weight is 277 g/mol. The summed E-state index contributed by atoms with van der Waals surface area (Å²) in [7, 11) is 0. The molecule has 0 radical (unpaired) electrons. The van der Waals surface area contributed by atoms with E-state index in [4.69, 9.17) is 10.5 Å². The first-order valence-corrected chi connectivity index (χ1v) is 5.96. The van der Waals surface area contributed by atoms with Crippen molar-refractivity contribution >= 4 is 15.9 Å². The van der Waals surface area contributed by atoms with Crippen LogP contribution in [0.5, 0.6) is 0 Å². The summed E-state index contributed by atoms with van der Waals surface area (Å²) in [4.78, 5) is 0.